The zero-order valence-corrected chi connectivity index (χ0v) is 18.4. The third kappa shape index (κ3) is 5.19. The Hall–Kier alpha value is -2.42. The molecule has 1 amide bonds. The predicted molar refractivity (Wildman–Crippen MR) is 114 cm³/mol. The Kier molecular flexibility index (Phi) is 7.12. The molecule has 0 unspecified atom stereocenters. The Morgan fingerprint density at radius 3 is 2.60 bits per heavy atom. The van der Waals surface area contributed by atoms with Crippen molar-refractivity contribution in [2.24, 2.45) is 0 Å². The van der Waals surface area contributed by atoms with E-state index in [-0.39, 0.29) is 23.5 Å². The molecule has 2 aromatic carbocycles. The quantitative estimate of drug-likeness (QED) is 0.693. The van der Waals surface area contributed by atoms with Gasteiger partial charge in [0.1, 0.15) is 5.75 Å². The van der Waals surface area contributed by atoms with Crippen LogP contribution in [-0.2, 0) is 21.3 Å². The van der Waals surface area contributed by atoms with Gasteiger partial charge < -0.3 is 14.8 Å². The number of hydrogen-bond acceptors (Lipinski definition) is 5. The van der Waals surface area contributed by atoms with Crippen molar-refractivity contribution in [1.29, 1.82) is 0 Å². The van der Waals surface area contributed by atoms with Gasteiger partial charge >= 0.3 is 0 Å². The number of carbonyl (C=O) groups is 1. The lowest BCUT2D eigenvalue weighted by Gasteiger charge is -2.19. The first-order valence-corrected chi connectivity index (χ1v) is 11.3. The number of benzene rings is 2. The van der Waals surface area contributed by atoms with Gasteiger partial charge in [0.15, 0.2) is 0 Å². The number of carbonyl (C=O) groups excluding carboxylic acids is 1. The van der Waals surface area contributed by atoms with Crippen LogP contribution in [0.4, 0.5) is 0 Å². The molecule has 7 nitrogen and oxygen atoms in total. The first-order chi connectivity index (χ1) is 14.3. The average molecular weight is 433 g/mol. The second-order valence-electron chi connectivity index (χ2n) is 7.45. The van der Waals surface area contributed by atoms with Crippen LogP contribution < -0.4 is 10.1 Å². The van der Waals surface area contributed by atoms with E-state index in [1.54, 1.807) is 42.5 Å². The highest BCUT2D eigenvalue weighted by Gasteiger charge is 2.23. The molecule has 0 aromatic heterocycles. The lowest BCUT2D eigenvalue weighted by atomic mass is 10.1. The Labute approximate surface area is 178 Å². The van der Waals surface area contributed by atoms with Crippen LogP contribution in [0.15, 0.2) is 47.4 Å². The fraction of sp³-hybridized carbons (Fsp3) is 0.409. The van der Waals surface area contributed by atoms with Crippen molar-refractivity contribution in [3.8, 4) is 5.75 Å². The summed E-state index contributed by atoms with van der Waals surface area (Å²) < 4.78 is 38.0. The smallest absolute Gasteiger partial charge is 0.251 e. The Balaban J connectivity index is 1.75. The van der Waals surface area contributed by atoms with E-state index in [2.05, 4.69) is 5.32 Å². The van der Waals surface area contributed by atoms with Gasteiger partial charge in [-0.05, 0) is 50.1 Å². The van der Waals surface area contributed by atoms with E-state index < -0.39 is 10.0 Å². The van der Waals surface area contributed by atoms with Crippen LogP contribution >= 0.6 is 0 Å². The van der Waals surface area contributed by atoms with Gasteiger partial charge in [-0.15, -0.1) is 0 Å². The minimum atomic E-state index is -3.67. The van der Waals surface area contributed by atoms with Crippen molar-refractivity contribution < 1.29 is 22.7 Å². The molecule has 0 bridgehead atoms. The maximum atomic E-state index is 12.9. The lowest BCUT2D eigenvalue weighted by molar-refractivity contribution is 0.0857. The van der Waals surface area contributed by atoms with Crippen molar-refractivity contribution in [2.45, 2.75) is 37.3 Å². The fourth-order valence-corrected chi connectivity index (χ4v) is 4.52. The van der Waals surface area contributed by atoms with Crippen molar-refractivity contribution in [1.82, 2.24) is 9.62 Å². The van der Waals surface area contributed by atoms with Crippen molar-refractivity contribution in [3.63, 3.8) is 0 Å². The molecule has 0 saturated carbocycles. The molecule has 3 rings (SSSR count). The predicted octanol–water partition coefficient (Wildman–Crippen LogP) is 2.73. The second kappa shape index (κ2) is 9.59. The van der Waals surface area contributed by atoms with E-state index >= 15 is 0 Å². The number of nitrogens with one attached hydrogen (secondary N) is 1. The monoisotopic (exact) mass is 432 g/mol. The summed E-state index contributed by atoms with van der Waals surface area (Å²) in [5.41, 5.74) is 2.05. The van der Waals surface area contributed by atoms with Gasteiger partial charge in [0, 0.05) is 37.9 Å². The summed E-state index contributed by atoms with van der Waals surface area (Å²) in [6.07, 6.45) is 2.00. The van der Waals surface area contributed by atoms with Crippen molar-refractivity contribution in [3.05, 3.63) is 59.2 Å². The molecule has 162 valence electrons. The Bertz CT molecular complexity index is 983. The highest BCUT2D eigenvalue weighted by molar-refractivity contribution is 7.89. The van der Waals surface area contributed by atoms with Crippen LogP contribution in [0.25, 0.3) is 0 Å². The summed E-state index contributed by atoms with van der Waals surface area (Å²) in [6, 6.07) is 11.7. The van der Waals surface area contributed by atoms with Crippen LogP contribution in [0.2, 0.25) is 0 Å². The van der Waals surface area contributed by atoms with Gasteiger partial charge in [0.25, 0.3) is 5.91 Å². The molecule has 0 aliphatic carbocycles. The molecule has 0 radical (unpaired) electrons. The van der Waals surface area contributed by atoms with Crippen LogP contribution in [-0.4, -0.2) is 52.0 Å². The number of ether oxygens (including phenoxy) is 2. The first-order valence-electron chi connectivity index (χ1n) is 9.91. The van der Waals surface area contributed by atoms with Crippen molar-refractivity contribution >= 4 is 15.9 Å². The molecule has 30 heavy (non-hydrogen) atoms. The first kappa shape index (κ1) is 22.3. The molecular formula is C22H28N2O5S. The van der Waals surface area contributed by atoms with Crippen LogP contribution in [0.3, 0.4) is 0 Å². The normalized spacial score (nSPS) is 16.6. The molecule has 1 aliphatic heterocycles. The molecule has 1 aliphatic rings. The zero-order valence-electron chi connectivity index (χ0n) is 17.6. The molecule has 1 saturated heterocycles. The van der Waals surface area contributed by atoms with Gasteiger partial charge in [0.05, 0.1) is 18.1 Å². The second-order valence-corrected chi connectivity index (χ2v) is 9.49. The summed E-state index contributed by atoms with van der Waals surface area (Å²) in [7, 11) is -0.642. The summed E-state index contributed by atoms with van der Waals surface area (Å²) in [5.74, 6) is 0.301. The number of methoxy groups -OCH3 is 1. The third-order valence-electron chi connectivity index (χ3n) is 5.18. The highest BCUT2D eigenvalue weighted by Crippen LogP contribution is 2.24. The van der Waals surface area contributed by atoms with Crippen LogP contribution in [0.5, 0.6) is 5.75 Å². The van der Waals surface area contributed by atoms with Gasteiger partial charge in [-0.3, -0.25) is 4.79 Å². The van der Waals surface area contributed by atoms with E-state index in [4.69, 9.17) is 9.47 Å². The molecule has 0 spiro atoms. The maximum Gasteiger partial charge on any atom is 0.251 e. The van der Waals surface area contributed by atoms with E-state index in [1.165, 1.54) is 18.5 Å². The standard InChI is InChI=1S/C22H28N2O5S/c1-16-6-9-20(10-7-16)30(26,27)24(2)15-18-13-17(8-11-21(18)28-3)22(25)23-14-19-5-4-12-29-19/h6-11,13,19H,4-5,12,14-15H2,1-3H3,(H,23,25)/t19-/m0/s1. The average Bonchev–Trinajstić information content (AvgIpc) is 3.26. The molecule has 1 atom stereocenters. The Morgan fingerprint density at radius 1 is 1.23 bits per heavy atom. The Morgan fingerprint density at radius 2 is 1.97 bits per heavy atom. The zero-order chi connectivity index (χ0) is 21.7. The number of nitrogens with zero attached hydrogens (tertiary/aromatic N) is 1. The topological polar surface area (TPSA) is 84.9 Å². The highest BCUT2D eigenvalue weighted by atomic mass is 32.2. The molecule has 1 heterocycles. The fourth-order valence-electron chi connectivity index (χ4n) is 3.37. The number of rotatable bonds is 8. The number of aryl methyl sites for hydroxylation is 1. The maximum absolute atomic E-state index is 12.9. The van der Waals surface area contributed by atoms with E-state index in [0.29, 0.717) is 23.4 Å². The van der Waals surface area contributed by atoms with Crippen molar-refractivity contribution in [2.75, 3.05) is 27.3 Å². The number of amides is 1. The summed E-state index contributed by atoms with van der Waals surface area (Å²) in [5, 5.41) is 2.88. The molecule has 1 N–H and O–H groups in total. The van der Waals surface area contributed by atoms with Crippen LogP contribution in [0.1, 0.15) is 34.3 Å². The molecule has 2 aromatic rings. The van der Waals surface area contributed by atoms with Gasteiger partial charge in [-0.25, -0.2) is 8.42 Å². The number of hydrogen-bond donors (Lipinski definition) is 1. The largest absolute Gasteiger partial charge is 0.496 e. The van der Waals surface area contributed by atoms with Gasteiger partial charge in [-0.1, -0.05) is 17.7 Å². The van der Waals surface area contributed by atoms with E-state index in [0.717, 1.165) is 25.0 Å². The minimum absolute atomic E-state index is 0.0532. The summed E-state index contributed by atoms with van der Waals surface area (Å²) in [4.78, 5) is 12.8. The van der Waals surface area contributed by atoms with E-state index in [1.807, 2.05) is 6.92 Å². The molecular weight excluding hydrogens is 404 g/mol. The third-order valence-corrected chi connectivity index (χ3v) is 7.00. The molecule has 1 fully saturated rings. The van der Waals surface area contributed by atoms with Crippen LogP contribution in [0, 0.1) is 6.92 Å². The summed E-state index contributed by atoms with van der Waals surface area (Å²) >= 11 is 0. The van der Waals surface area contributed by atoms with Gasteiger partial charge in [0.2, 0.25) is 10.0 Å². The number of sulfonamides is 1. The SMILES string of the molecule is COc1ccc(C(=O)NC[C@@H]2CCCO2)cc1CN(C)S(=O)(=O)c1ccc(C)cc1. The minimum Gasteiger partial charge on any atom is -0.496 e. The molecule has 8 heteroatoms. The summed E-state index contributed by atoms with van der Waals surface area (Å²) in [6.45, 7) is 3.17. The lowest BCUT2D eigenvalue weighted by Crippen LogP contribution is -2.32. The van der Waals surface area contributed by atoms with Gasteiger partial charge in [-0.2, -0.15) is 4.31 Å². The van der Waals surface area contributed by atoms with E-state index in [9.17, 15) is 13.2 Å².